The summed E-state index contributed by atoms with van der Waals surface area (Å²) in [6, 6.07) is 15.1. The Hall–Kier alpha value is -3.39. The van der Waals surface area contributed by atoms with E-state index in [-0.39, 0.29) is 27.6 Å². The number of alkyl halides is 3. The second kappa shape index (κ2) is 10.3. The highest BCUT2D eigenvalue weighted by molar-refractivity contribution is 6.30. The van der Waals surface area contributed by atoms with E-state index < -0.39 is 35.4 Å². The van der Waals surface area contributed by atoms with E-state index in [9.17, 15) is 26.7 Å². The monoisotopic (exact) mass is 495 g/mol. The molecule has 0 radical (unpaired) electrons. The van der Waals surface area contributed by atoms with E-state index in [1.165, 1.54) is 56.4 Å². The fourth-order valence-corrected chi connectivity index (χ4v) is 3.35. The molecular weight excluding hydrogens is 477 g/mol. The average molecular weight is 496 g/mol. The van der Waals surface area contributed by atoms with Crippen molar-refractivity contribution < 1.29 is 31.5 Å². The van der Waals surface area contributed by atoms with Gasteiger partial charge in [-0.3, -0.25) is 4.79 Å². The van der Waals surface area contributed by atoms with Crippen LogP contribution in [0.4, 0.5) is 27.6 Å². The smallest absolute Gasteiger partial charge is 0.419 e. The lowest BCUT2D eigenvalue weighted by molar-refractivity contribution is -0.124. The van der Waals surface area contributed by atoms with Crippen molar-refractivity contribution >= 4 is 34.6 Å². The van der Waals surface area contributed by atoms with E-state index in [0.29, 0.717) is 0 Å². The van der Waals surface area contributed by atoms with Gasteiger partial charge in [0.2, 0.25) is 0 Å². The number of benzene rings is 3. The van der Waals surface area contributed by atoms with E-state index >= 15 is 0 Å². The highest BCUT2D eigenvalue weighted by Crippen LogP contribution is 2.40. The largest absolute Gasteiger partial charge is 0.481 e. The summed E-state index contributed by atoms with van der Waals surface area (Å²) in [5.41, 5.74) is -2.07. The summed E-state index contributed by atoms with van der Waals surface area (Å²) in [5.74, 6) is -2.48. The van der Waals surface area contributed by atoms with Crippen LogP contribution in [0, 0.1) is 5.82 Å². The minimum Gasteiger partial charge on any atom is -0.481 e. The van der Waals surface area contributed by atoms with Crippen molar-refractivity contribution in [2.24, 2.45) is 0 Å². The normalized spacial score (nSPS) is 13.2. The lowest BCUT2D eigenvalue weighted by Crippen LogP contribution is -2.38. The van der Waals surface area contributed by atoms with Gasteiger partial charge in [0.25, 0.3) is 5.91 Å². The maximum absolute atomic E-state index is 14.9. The van der Waals surface area contributed by atoms with Crippen LogP contribution < -0.4 is 9.64 Å². The number of rotatable bonds is 6. The van der Waals surface area contributed by atoms with Crippen LogP contribution in [0.3, 0.4) is 0 Å². The number of amides is 1. The van der Waals surface area contributed by atoms with Gasteiger partial charge in [0.05, 0.1) is 11.3 Å². The number of carbonyl (C=O) groups is 1. The van der Waals surface area contributed by atoms with Crippen molar-refractivity contribution in [2.45, 2.75) is 19.2 Å². The van der Waals surface area contributed by atoms with Crippen LogP contribution in [0.15, 0.2) is 72.8 Å². The first-order valence-electron chi connectivity index (χ1n) is 10.0. The average Bonchev–Trinajstić information content (AvgIpc) is 2.79. The molecule has 0 N–H and O–H groups in total. The van der Waals surface area contributed by atoms with Crippen LogP contribution in [0.25, 0.3) is 11.4 Å². The zero-order valence-corrected chi connectivity index (χ0v) is 18.8. The minimum absolute atomic E-state index is 0.0624. The molecule has 3 rings (SSSR count). The van der Waals surface area contributed by atoms with Crippen molar-refractivity contribution in [1.29, 1.82) is 0 Å². The van der Waals surface area contributed by atoms with E-state index in [1.54, 1.807) is 6.07 Å². The molecule has 3 aromatic carbocycles. The molecule has 0 fully saturated rings. The Bertz CT molecular complexity index is 1190. The molecule has 3 nitrogen and oxygen atoms in total. The molecule has 0 saturated carbocycles. The number of halogens is 6. The third-order valence-corrected chi connectivity index (χ3v) is 5.20. The number of allylic oxidation sites excluding steroid dienone is 1. The molecule has 1 unspecified atom stereocenters. The van der Waals surface area contributed by atoms with Crippen LogP contribution in [0.5, 0.6) is 5.75 Å². The van der Waals surface area contributed by atoms with Gasteiger partial charge in [-0.1, -0.05) is 35.9 Å². The summed E-state index contributed by atoms with van der Waals surface area (Å²) in [4.78, 5) is 13.7. The third-order valence-electron chi connectivity index (χ3n) is 4.95. The van der Waals surface area contributed by atoms with Crippen LogP contribution in [-0.2, 0) is 4.79 Å². The first kappa shape index (κ1) is 25.2. The molecule has 0 heterocycles. The van der Waals surface area contributed by atoms with Gasteiger partial charge in [-0.25, -0.2) is 8.78 Å². The number of nitrogens with zero attached hydrogens (tertiary/aromatic N) is 1. The Morgan fingerprint density at radius 3 is 2.06 bits per heavy atom. The minimum atomic E-state index is -4.95. The first-order chi connectivity index (χ1) is 16.0. The van der Waals surface area contributed by atoms with Crippen LogP contribution in [0.2, 0.25) is 5.02 Å². The number of likely N-dealkylation sites (N-methyl/N-ethyl adjacent to an activating group) is 1. The summed E-state index contributed by atoms with van der Waals surface area (Å²) in [6.45, 7) is 1.44. The number of hydrogen-bond acceptors (Lipinski definition) is 2. The molecule has 9 heteroatoms. The highest BCUT2D eigenvalue weighted by atomic mass is 35.5. The van der Waals surface area contributed by atoms with Crippen LogP contribution in [-0.4, -0.2) is 25.2 Å². The molecule has 1 amide bonds. The maximum Gasteiger partial charge on any atom is 0.419 e. The van der Waals surface area contributed by atoms with Gasteiger partial charge in [0.1, 0.15) is 17.4 Å². The SMILES string of the molecule is CC(Oc1ccc(C(F)=C(c2ccc(Cl)cc2)C(F)(F)F)cc1)C(=O)N(C)c1ccccc1F. The topological polar surface area (TPSA) is 29.5 Å². The fourth-order valence-electron chi connectivity index (χ4n) is 3.23. The molecule has 34 heavy (non-hydrogen) atoms. The summed E-state index contributed by atoms with van der Waals surface area (Å²) >= 11 is 5.72. The molecule has 178 valence electrons. The summed E-state index contributed by atoms with van der Waals surface area (Å²) < 4.78 is 75.2. The summed E-state index contributed by atoms with van der Waals surface area (Å²) in [6.07, 6.45) is -6.00. The lowest BCUT2D eigenvalue weighted by atomic mass is 10.0. The number of carbonyl (C=O) groups excluding carboxylic acids is 1. The Kier molecular flexibility index (Phi) is 7.61. The van der Waals surface area contributed by atoms with Gasteiger partial charge in [-0.05, 0) is 61.0 Å². The van der Waals surface area contributed by atoms with Gasteiger partial charge in [-0.2, -0.15) is 13.2 Å². The van der Waals surface area contributed by atoms with Gasteiger partial charge < -0.3 is 9.64 Å². The van der Waals surface area contributed by atoms with E-state index in [2.05, 4.69) is 0 Å². The Morgan fingerprint density at radius 1 is 0.941 bits per heavy atom. The molecule has 0 bridgehead atoms. The summed E-state index contributed by atoms with van der Waals surface area (Å²) in [7, 11) is 1.39. The molecule has 0 spiro atoms. The number of ether oxygens (including phenoxy) is 1. The predicted octanol–water partition coefficient (Wildman–Crippen LogP) is 7.31. The molecule has 0 aliphatic rings. The number of anilines is 1. The van der Waals surface area contributed by atoms with Gasteiger partial charge in [0, 0.05) is 17.6 Å². The zero-order chi connectivity index (χ0) is 25.0. The van der Waals surface area contributed by atoms with E-state index in [1.807, 2.05) is 0 Å². The third kappa shape index (κ3) is 5.75. The van der Waals surface area contributed by atoms with Gasteiger partial charge in [-0.15, -0.1) is 0 Å². The molecule has 1 atom stereocenters. The van der Waals surface area contributed by atoms with Crippen LogP contribution in [0.1, 0.15) is 18.1 Å². The lowest BCUT2D eigenvalue weighted by Gasteiger charge is -2.22. The van der Waals surface area contributed by atoms with Crippen LogP contribution >= 0.6 is 11.6 Å². The zero-order valence-electron chi connectivity index (χ0n) is 18.0. The highest BCUT2D eigenvalue weighted by Gasteiger charge is 2.38. The van der Waals surface area contributed by atoms with E-state index in [4.69, 9.17) is 16.3 Å². The van der Waals surface area contributed by atoms with E-state index in [0.717, 1.165) is 29.2 Å². The molecule has 0 saturated heterocycles. The van der Waals surface area contributed by atoms with Crippen molar-refractivity contribution in [1.82, 2.24) is 0 Å². The molecular formula is C25H19ClF5NO2. The second-order valence-corrected chi connectivity index (χ2v) is 7.76. The molecule has 0 aliphatic carbocycles. The first-order valence-corrected chi connectivity index (χ1v) is 10.4. The molecule has 0 aliphatic heterocycles. The van der Waals surface area contributed by atoms with Crippen molar-refractivity contribution in [3.05, 3.63) is 94.8 Å². The van der Waals surface area contributed by atoms with Crippen molar-refractivity contribution in [3.8, 4) is 5.75 Å². The van der Waals surface area contributed by atoms with Gasteiger partial charge in [0.15, 0.2) is 6.10 Å². The Labute approximate surface area is 198 Å². The number of para-hydroxylation sites is 1. The molecule has 3 aromatic rings. The van der Waals surface area contributed by atoms with Gasteiger partial charge >= 0.3 is 6.18 Å². The fraction of sp³-hybridized carbons (Fsp3) is 0.160. The molecule has 0 aromatic heterocycles. The maximum atomic E-state index is 14.9. The predicted molar refractivity (Wildman–Crippen MR) is 122 cm³/mol. The Morgan fingerprint density at radius 2 is 1.50 bits per heavy atom. The second-order valence-electron chi connectivity index (χ2n) is 7.33. The summed E-state index contributed by atoms with van der Waals surface area (Å²) in [5, 5.41) is 0.219. The quantitative estimate of drug-likeness (QED) is 0.265. The Balaban J connectivity index is 1.81. The van der Waals surface area contributed by atoms with Crippen molar-refractivity contribution in [3.63, 3.8) is 0 Å². The standard InChI is InChI=1S/C25H19ClF5NO2/c1-15(24(33)32(2)21-6-4-3-5-20(21)27)34-19-13-9-17(10-14-19)23(28)22(25(29,30)31)16-7-11-18(26)12-8-16/h3-15H,1-2H3. The van der Waals surface area contributed by atoms with Crippen molar-refractivity contribution in [2.75, 3.05) is 11.9 Å². The number of hydrogen-bond donors (Lipinski definition) is 0.